The van der Waals surface area contributed by atoms with Gasteiger partial charge in [0.2, 0.25) is 0 Å². The van der Waals surface area contributed by atoms with Crippen LogP contribution in [0.1, 0.15) is 43.7 Å². The average molecular weight is 372 g/mol. The highest BCUT2D eigenvalue weighted by Gasteiger charge is 2.22. The number of fused-ring (bicyclic) bond motifs is 6. The molecule has 138 valence electrons. The van der Waals surface area contributed by atoms with Crippen molar-refractivity contribution in [3.05, 3.63) is 118 Å². The normalized spacial score (nSPS) is 12.9. The minimum Gasteiger partial charge on any atom is -0.289 e. The number of carbonyl (C=O) groups excluding carboxylic acids is 1. The molecule has 6 rings (SSSR count). The number of benzene rings is 4. The number of ketones is 1. The summed E-state index contributed by atoms with van der Waals surface area (Å²) in [6.45, 7) is 2.13. The fourth-order valence-electron chi connectivity index (χ4n) is 4.93. The first-order valence-corrected chi connectivity index (χ1v) is 10.2. The highest BCUT2D eigenvalue weighted by Crippen LogP contribution is 2.39. The summed E-state index contributed by atoms with van der Waals surface area (Å²) < 4.78 is 0. The van der Waals surface area contributed by atoms with Crippen molar-refractivity contribution in [1.29, 1.82) is 0 Å². The second-order valence-electron chi connectivity index (χ2n) is 8.24. The molecule has 0 atom stereocenters. The molecule has 0 saturated carbocycles. The summed E-state index contributed by atoms with van der Waals surface area (Å²) in [6.07, 6.45) is 1.82. The SMILES string of the molecule is Cc1ccc2c(c1)Cc1cc(C(=O)c3ccc4c(c3)Cc3ccccc3-4)ccc1-2. The van der Waals surface area contributed by atoms with Crippen LogP contribution in [0.15, 0.2) is 78.9 Å². The van der Waals surface area contributed by atoms with Gasteiger partial charge in [-0.1, -0.05) is 72.3 Å². The van der Waals surface area contributed by atoms with E-state index >= 15 is 0 Å². The van der Waals surface area contributed by atoms with Crippen molar-refractivity contribution in [2.45, 2.75) is 19.8 Å². The number of aryl methyl sites for hydroxylation is 1. The van der Waals surface area contributed by atoms with Gasteiger partial charge in [-0.05, 0) is 76.4 Å². The van der Waals surface area contributed by atoms with Gasteiger partial charge in [0.05, 0.1) is 0 Å². The summed E-state index contributed by atoms with van der Waals surface area (Å²) in [7, 11) is 0. The van der Waals surface area contributed by atoms with Gasteiger partial charge >= 0.3 is 0 Å². The quantitative estimate of drug-likeness (QED) is 0.323. The van der Waals surface area contributed by atoms with Crippen LogP contribution in [0.25, 0.3) is 22.3 Å². The van der Waals surface area contributed by atoms with Crippen LogP contribution in [0, 0.1) is 6.92 Å². The molecule has 2 aliphatic carbocycles. The lowest BCUT2D eigenvalue weighted by Crippen LogP contribution is -2.03. The second kappa shape index (κ2) is 6.02. The molecule has 0 fully saturated rings. The average Bonchev–Trinajstić information content (AvgIpc) is 3.29. The Morgan fingerprint density at radius 2 is 1.10 bits per heavy atom. The maximum atomic E-state index is 13.2. The summed E-state index contributed by atoms with van der Waals surface area (Å²) in [5, 5.41) is 0. The Kier molecular flexibility index (Phi) is 3.43. The van der Waals surface area contributed by atoms with Crippen LogP contribution >= 0.6 is 0 Å². The Balaban J connectivity index is 1.35. The zero-order valence-electron chi connectivity index (χ0n) is 16.3. The van der Waals surface area contributed by atoms with Crippen LogP contribution in [0.5, 0.6) is 0 Å². The third-order valence-electron chi connectivity index (χ3n) is 6.36. The number of hydrogen-bond donors (Lipinski definition) is 0. The predicted octanol–water partition coefficient (Wildman–Crippen LogP) is 6.37. The van der Waals surface area contributed by atoms with Crippen LogP contribution in [0.2, 0.25) is 0 Å². The zero-order chi connectivity index (χ0) is 19.5. The fraction of sp³-hybridized carbons (Fsp3) is 0.107. The maximum absolute atomic E-state index is 13.2. The summed E-state index contributed by atoms with van der Waals surface area (Å²) in [5.41, 5.74) is 13.2. The summed E-state index contributed by atoms with van der Waals surface area (Å²) in [5.74, 6) is 0.110. The molecule has 0 spiro atoms. The van der Waals surface area contributed by atoms with Crippen LogP contribution in [0.3, 0.4) is 0 Å². The second-order valence-corrected chi connectivity index (χ2v) is 8.24. The first-order chi connectivity index (χ1) is 14.2. The molecule has 0 aliphatic heterocycles. The van der Waals surface area contributed by atoms with E-state index in [0.717, 1.165) is 24.0 Å². The van der Waals surface area contributed by atoms with Gasteiger partial charge in [0.25, 0.3) is 0 Å². The molecule has 0 N–H and O–H groups in total. The molecule has 0 aromatic heterocycles. The van der Waals surface area contributed by atoms with Crippen molar-refractivity contribution >= 4 is 5.78 Å². The standard InChI is InChI=1S/C28H20O/c1-17-6-9-25-21(12-17)16-23-15-20(8-11-27(23)25)28(29)19-7-10-26-22(14-19)13-18-4-2-3-5-24(18)26/h2-12,14-15H,13,16H2,1H3. The molecular formula is C28H20O. The summed E-state index contributed by atoms with van der Waals surface area (Å²) in [4.78, 5) is 13.2. The van der Waals surface area contributed by atoms with E-state index in [1.807, 2.05) is 12.1 Å². The van der Waals surface area contributed by atoms with E-state index in [9.17, 15) is 4.79 Å². The predicted molar refractivity (Wildman–Crippen MR) is 118 cm³/mol. The molecule has 0 saturated heterocycles. The molecule has 0 unspecified atom stereocenters. The highest BCUT2D eigenvalue weighted by molar-refractivity contribution is 6.10. The Morgan fingerprint density at radius 3 is 1.79 bits per heavy atom. The summed E-state index contributed by atoms with van der Waals surface area (Å²) >= 11 is 0. The van der Waals surface area contributed by atoms with Crippen LogP contribution in [0.4, 0.5) is 0 Å². The fourth-order valence-corrected chi connectivity index (χ4v) is 4.93. The van der Waals surface area contributed by atoms with Crippen LogP contribution in [-0.2, 0) is 12.8 Å². The van der Waals surface area contributed by atoms with Gasteiger partial charge in [-0.2, -0.15) is 0 Å². The van der Waals surface area contributed by atoms with Gasteiger partial charge in [0, 0.05) is 11.1 Å². The molecule has 0 radical (unpaired) electrons. The Hall–Kier alpha value is -3.45. The van der Waals surface area contributed by atoms with Crippen molar-refractivity contribution in [3.8, 4) is 22.3 Å². The molecule has 4 aromatic rings. The van der Waals surface area contributed by atoms with E-state index in [-0.39, 0.29) is 5.78 Å². The molecule has 0 amide bonds. The lowest BCUT2D eigenvalue weighted by molar-refractivity contribution is 0.103. The Labute approximate surface area is 170 Å². The van der Waals surface area contributed by atoms with Gasteiger partial charge in [-0.3, -0.25) is 4.79 Å². The van der Waals surface area contributed by atoms with Gasteiger partial charge in [-0.25, -0.2) is 0 Å². The van der Waals surface area contributed by atoms with E-state index < -0.39 is 0 Å². The van der Waals surface area contributed by atoms with Crippen molar-refractivity contribution in [2.75, 3.05) is 0 Å². The van der Waals surface area contributed by atoms with E-state index in [0.29, 0.717) is 0 Å². The van der Waals surface area contributed by atoms with Gasteiger partial charge in [0.1, 0.15) is 0 Å². The number of hydrogen-bond acceptors (Lipinski definition) is 1. The lowest BCUT2D eigenvalue weighted by atomic mass is 9.96. The summed E-state index contributed by atoms with van der Waals surface area (Å²) in [6, 6.07) is 27.5. The molecule has 29 heavy (non-hydrogen) atoms. The third-order valence-corrected chi connectivity index (χ3v) is 6.36. The smallest absolute Gasteiger partial charge is 0.193 e. The monoisotopic (exact) mass is 372 g/mol. The Morgan fingerprint density at radius 1 is 0.586 bits per heavy atom. The number of rotatable bonds is 2. The topological polar surface area (TPSA) is 17.1 Å². The minimum absolute atomic E-state index is 0.110. The van der Waals surface area contributed by atoms with Crippen molar-refractivity contribution < 1.29 is 4.79 Å². The molecule has 2 aliphatic rings. The van der Waals surface area contributed by atoms with Crippen molar-refractivity contribution in [1.82, 2.24) is 0 Å². The van der Waals surface area contributed by atoms with E-state index in [1.165, 1.54) is 50.1 Å². The first kappa shape index (κ1) is 16.5. The lowest BCUT2D eigenvalue weighted by Gasteiger charge is -2.07. The minimum atomic E-state index is 0.110. The Bertz CT molecular complexity index is 1330. The molecule has 0 bridgehead atoms. The molecule has 0 heterocycles. The van der Waals surface area contributed by atoms with Crippen LogP contribution < -0.4 is 0 Å². The van der Waals surface area contributed by atoms with Gasteiger partial charge in [-0.15, -0.1) is 0 Å². The largest absolute Gasteiger partial charge is 0.289 e. The van der Waals surface area contributed by atoms with Crippen molar-refractivity contribution in [2.24, 2.45) is 0 Å². The molecule has 1 heteroatoms. The highest BCUT2D eigenvalue weighted by atomic mass is 16.1. The van der Waals surface area contributed by atoms with Crippen molar-refractivity contribution in [3.63, 3.8) is 0 Å². The van der Waals surface area contributed by atoms with Crippen LogP contribution in [-0.4, -0.2) is 5.78 Å². The van der Waals surface area contributed by atoms with E-state index in [1.54, 1.807) is 0 Å². The third kappa shape index (κ3) is 2.51. The number of carbonyl (C=O) groups is 1. The molecular weight excluding hydrogens is 352 g/mol. The molecule has 4 aromatic carbocycles. The van der Waals surface area contributed by atoms with Gasteiger partial charge < -0.3 is 0 Å². The zero-order valence-corrected chi connectivity index (χ0v) is 16.3. The maximum Gasteiger partial charge on any atom is 0.193 e. The van der Waals surface area contributed by atoms with Gasteiger partial charge in [0.15, 0.2) is 5.78 Å². The van der Waals surface area contributed by atoms with E-state index in [4.69, 9.17) is 0 Å². The van der Waals surface area contributed by atoms with E-state index in [2.05, 4.69) is 73.7 Å². The molecule has 1 nitrogen and oxygen atoms in total. The first-order valence-electron chi connectivity index (χ1n) is 10.2.